The lowest BCUT2D eigenvalue weighted by Gasteiger charge is -2.24. The van der Waals surface area contributed by atoms with Crippen molar-refractivity contribution < 1.29 is 50.1 Å². The zero-order valence-corrected chi connectivity index (χ0v) is 23.8. The summed E-state index contributed by atoms with van der Waals surface area (Å²) in [5, 5.41) is 11.0. The third-order valence-electron chi connectivity index (χ3n) is 7.36. The molecule has 2 bridgehead atoms. The number of hydrogen-bond acceptors (Lipinski definition) is 16. The average molecular weight is 659 g/mol. The Morgan fingerprint density at radius 3 is 2.50 bits per heavy atom. The number of fused-ring (bicyclic) bond motifs is 5. The molecule has 7 rings (SSSR count). The number of ether oxygens (including phenoxy) is 2. The number of pyridine rings is 1. The van der Waals surface area contributed by atoms with Crippen molar-refractivity contribution in [1.82, 2.24) is 38.8 Å². The minimum absolute atomic E-state index is 0.0133. The van der Waals surface area contributed by atoms with Gasteiger partial charge in [-0.25, -0.2) is 38.1 Å². The molecule has 23 heteroatoms. The molecule has 236 valence electrons. The van der Waals surface area contributed by atoms with Crippen molar-refractivity contribution in [1.29, 1.82) is 0 Å². The summed E-state index contributed by atoms with van der Waals surface area (Å²) in [7, 11) is -9.81. The van der Waals surface area contributed by atoms with Crippen LogP contribution in [0.3, 0.4) is 0 Å². The SMILES string of the molecule is Nc1ncnc2c1ncn2C1OC2CNS(=O)(=O)OC3C(O)C(COP(=O)(O)OC2C1F)OC3n1cnc2c(N)ccnc21. The second-order valence-corrected chi connectivity index (χ2v) is 12.9. The monoisotopic (exact) mass is 658 g/mol. The number of aromatic nitrogens is 7. The van der Waals surface area contributed by atoms with Crippen molar-refractivity contribution in [2.75, 3.05) is 24.6 Å². The number of aliphatic hydroxyl groups is 1. The molecule has 3 fully saturated rings. The van der Waals surface area contributed by atoms with Gasteiger partial charge < -0.3 is 30.9 Å². The molecule has 0 amide bonds. The minimum atomic E-state index is -5.08. The predicted octanol–water partition coefficient (Wildman–Crippen LogP) is -1.34. The van der Waals surface area contributed by atoms with Gasteiger partial charge >= 0.3 is 18.1 Å². The lowest BCUT2D eigenvalue weighted by molar-refractivity contribution is -0.0536. The number of hydrogen-bond donors (Lipinski definition) is 5. The van der Waals surface area contributed by atoms with Crippen molar-refractivity contribution in [2.45, 2.75) is 49.1 Å². The van der Waals surface area contributed by atoms with Crippen LogP contribution in [0.4, 0.5) is 15.9 Å². The number of rotatable bonds is 2. The number of nitrogens with two attached hydrogens (primary N) is 2. The summed E-state index contributed by atoms with van der Waals surface area (Å²) in [6.45, 7) is -1.49. The molecule has 0 spiro atoms. The van der Waals surface area contributed by atoms with Gasteiger partial charge in [-0.05, 0) is 6.07 Å². The molecule has 9 atom stereocenters. The van der Waals surface area contributed by atoms with Crippen molar-refractivity contribution in [3.63, 3.8) is 0 Å². The number of halogens is 1. The van der Waals surface area contributed by atoms with Crippen LogP contribution in [-0.2, 0) is 37.6 Å². The highest BCUT2D eigenvalue weighted by Crippen LogP contribution is 2.50. The number of phosphoric acid groups is 1. The molecule has 4 aromatic heterocycles. The number of nitrogens with one attached hydrogen (secondary N) is 1. The maximum Gasteiger partial charge on any atom is 0.472 e. The topological polar surface area (TPSA) is 276 Å². The standard InChI is InChI=1S/C21H24FN10O10PS/c22-11-15-9(39-20(11)31-7-29-13-17(24)26-5-27-19(13)31)3-30-44(36,37)42-16-14(33)10(4-38-43(34,35)41-15)40-21(16)32-6-28-12-8(23)1-2-25-18(12)32/h1-2,5-7,9-11,14-16,20-21,30,33H,3-4H2,(H2,23,25)(H,34,35)(H2,24,26,27). The zero-order valence-electron chi connectivity index (χ0n) is 22.1. The van der Waals surface area contributed by atoms with Crippen LogP contribution in [-0.4, -0.2) is 102 Å². The summed E-state index contributed by atoms with van der Waals surface area (Å²) in [5.41, 5.74) is 12.7. The van der Waals surface area contributed by atoms with Gasteiger partial charge in [0.2, 0.25) is 0 Å². The Morgan fingerprint density at radius 1 is 1.00 bits per heavy atom. The molecule has 7 N–H and O–H groups in total. The fourth-order valence-corrected chi connectivity index (χ4v) is 7.20. The molecule has 3 aliphatic heterocycles. The molecule has 20 nitrogen and oxygen atoms in total. The fourth-order valence-electron chi connectivity index (χ4n) is 5.30. The molecule has 0 aliphatic carbocycles. The van der Waals surface area contributed by atoms with Gasteiger partial charge in [0, 0.05) is 12.7 Å². The van der Waals surface area contributed by atoms with E-state index in [-0.39, 0.29) is 33.8 Å². The van der Waals surface area contributed by atoms with Crippen LogP contribution in [0.15, 0.2) is 31.2 Å². The number of anilines is 2. The minimum Gasteiger partial charge on any atom is -0.397 e. The number of nitrogen functional groups attached to an aromatic ring is 2. The van der Waals surface area contributed by atoms with Gasteiger partial charge in [-0.2, -0.15) is 13.1 Å². The first-order valence-corrected chi connectivity index (χ1v) is 15.8. The molecule has 9 unspecified atom stereocenters. The van der Waals surface area contributed by atoms with Gasteiger partial charge in [0.25, 0.3) is 0 Å². The third-order valence-corrected chi connectivity index (χ3v) is 9.34. The first-order valence-electron chi connectivity index (χ1n) is 12.9. The van der Waals surface area contributed by atoms with E-state index in [1.54, 1.807) is 0 Å². The third kappa shape index (κ3) is 4.98. The Balaban J connectivity index is 1.20. The summed E-state index contributed by atoms with van der Waals surface area (Å²) >= 11 is 0. The highest BCUT2D eigenvalue weighted by molar-refractivity contribution is 7.84. The predicted molar refractivity (Wildman–Crippen MR) is 143 cm³/mol. The van der Waals surface area contributed by atoms with Crippen molar-refractivity contribution >= 4 is 52.0 Å². The van der Waals surface area contributed by atoms with E-state index in [0.29, 0.717) is 0 Å². The van der Waals surface area contributed by atoms with Gasteiger partial charge in [-0.1, -0.05) is 0 Å². The molecular weight excluding hydrogens is 634 g/mol. The molecule has 4 aromatic rings. The quantitative estimate of drug-likeness (QED) is 0.156. The van der Waals surface area contributed by atoms with E-state index in [2.05, 4.69) is 29.6 Å². The summed E-state index contributed by atoms with van der Waals surface area (Å²) < 4.78 is 86.9. The van der Waals surface area contributed by atoms with Crippen LogP contribution < -0.4 is 16.2 Å². The van der Waals surface area contributed by atoms with E-state index in [4.69, 9.17) is 34.2 Å². The lowest BCUT2D eigenvalue weighted by Crippen LogP contribution is -2.43. The summed E-state index contributed by atoms with van der Waals surface area (Å²) in [5.74, 6) is 0.0133. The first-order chi connectivity index (χ1) is 20.9. The van der Waals surface area contributed by atoms with E-state index in [1.807, 2.05) is 0 Å². The van der Waals surface area contributed by atoms with Crippen molar-refractivity contribution in [3.8, 4) is 0 Å². The van der Waals surface area contributed by atoms with Crippen LogP contribution in [0.5, 0.6) is 0 Å². The van der Waals surface area contributed by atoms with Crippen molar-refractivity contribution in [2.24, 2.45) is 0 Å². The number of imidazole rings is 2. The summed E-state index contributed by atoms with van der Waals surface area (Å²) in [6.07, 6.45) is -8.22. The van der Waals surface area contributed by atoms with E-state index < -0.39 is 80.4 Å². The van der Waals surface area contributed by atoms with Gasteiger partial charge in [0.15, 0.2) is 41.8 Å². The molecule has 7 heterocycles. The smallest absolute Gasteiger partial charge is 0.397 e. The van der Waals surface area contributed by atoms with Gasteiger partial charge in [0.05, 0.1) is 24.9 Å². The van der Waals surface area contributed by atoms with Crippen LogP contribution >= 0.6 is 7.82 Å². The Kier molecular flexibility index (Phi) is 7.04. The highest BCUT2D eigenvalue weighted by Gasteiger charge is 2.53. The van der Waals surface area contributed by atoms with Gasteiger partial charge in [0.1, 0.15) is 41.8 Å². The fraction of sp³-hybridized carbons (Fsp3) is 0.476. The molecule has 3 aliphatic rings. The second kappa shape index (κ2) is 10.6. The number of alkyl halides is 1. The Morgan fingerprint density at radius 2 is 1.70 bits per heavy atom. The van der Waals surface area contributed by atoms with Gasteiger partial charge in [-0.15, -0.1) is 0 Å². The molecule has 0 saturated carbocycles. The van der Waals surface area contributed by atoms with E-state index in [9.17, 15) is 23.0 Å². The highest BCUT2D eigenvalue weighted by atomic mass is 32.2. The number of nitrogens with zero attached hydrogens (tertiary/aromatic N) is 7. The molecular formula is C21H24FN10O10PS. The van der Waals surface area contributed by atoms with E-state index in [0.717, 1.165) is 10.9 Å². The lowest BCUT2D eigenvalue weighted by atomic mass is 10.1. The maximum atomic E-state index is 15.9. The summed E-state index contributed by atoms with van der Waals surface area (Å²) in [4.78, 5) is 30.8. The van der Waals surface area contributed by atoms with E-state index in [1.165, 1.54) is 29.5 Å². The van der Waals surface area contributed by atoms with Crippen LogP contribution in [0, 0.1) is 0 Å². The zero-order chi connectivity index (χ0) is 31.0. The van der Waals surface area contributed by atoms with Crippen LogP contribution in [0.25, 0.3) is 22.3 Å². The number of phosphoric ester groups is 1. The maximum absolute atomic E-state index is 15.9. The molecule has 3 saturated heterocycles. The van der Waals surface area contributed by atoms with E-state index >= 15 is 4.39 Å². The molecule has 44 heavy (non-hydrogen) atoms. The molecule has 0 aromatic carbocycles. The molecule has 0 radical (unpaired) electrons. The van der Waals surface area contributed by atoms with Gasteiger partial charge in [-0.3, -0.25) is 18.2 Å². The first kappa shape index (κ1) is 29.3. The van der Waals surface area contributed by atoms with Crippen molar-refractivity contribution in [3.05, 3.63) is 31.2 Å². The number of aliphatic hydroxyl groups excluding tert-OH is 1. The Hall–Kier alpha value is -3.44. The second-order valence-electron chi connectivity index (χ2n) is 10.1. The van der Waals surface area contributed by atoms with Crippen LogP contribution in [0.2, 0.25) is 0 Å². The largest absolute Gasteiger partial charge is 0.472 e. The van der Waals surface area contributed by atoms with Crippen LogP contribution in [0.1, 0.15) is 12.5 Å². The normalized spacial score (nSPS) is 36.1. The Bertz CT molecular complexity index is 1900. The summed E-state index contributed by atoms with van der Waals surface area (Å²) in [6, 6.07) is 1.50. The average Bonchev–Trinajstić information content (AvgIpc) is 3.73. The Labute approximate surface area is 245 Å².